The van der Waals surface area contributed by atoms with Crippen molar-refractivity contribution in [2.24, 2.45) is 0 Å². The summed E-state index contributed by atoms with van der Waals surface area (Å²) in [6.45, 7) is 13.8. The highest BCUT2D eigenvalue weighted by Crippen LogP contribution is 2.54. The van der Waals surface area contributed by atoms with Gasteiger partial charge in [-0.25, -0.2) is 8.42 Å². The van der Waals surface area contributed by atoms with E-state index in [1.807, 2.05) is 19.9 Å². The van der Waals surface area contributed by atoms with Crippen molar-refractivity contribution in [2.45, 2.75) is 70.6 Å². The van der Waals surface area contributed by atoms with Gasteiger partial charge in [0.25, 0.3) is 10.0 Å². The first-order chi connectivity index (χ1) is 13.2. The van der Waals surface area contributed by atoms with Crippen LogP contribution in [-0.4, -0.2) is 14.3 Å². The van der Waals surface area contributed by atoms with Crippen molar-refractivity contribution in [3.63, 3.8) is 0 Å². The zero-order chi connectivity index (χ0) is 21.8. The van der Waals surface area contributed by atoms with Gasteiger partial charge in [0.15, 0.2) is 0 Å². The van der Waals surface area contributed by atoms with E-state index < -0.39 is 10.0 Å². The smallest absolute Gasteiger partial charge is 0.261 e. The van der Waals surface area contributed by atoms with Crippen LogP contribution < -0.4 is 10.0 Å². The molecule has 0 aliphatic heterocycles. The molecule has 0 heterocycles. The maximum Gasteiger partial charge on any atom is 0.261 e. The topological polar surface area (TPSA) is 75.3 Å². The van der Waals surface area contributed by atoms with Crippen molar-refractivity contribution in [2.75, 3.05) is 10.0 Å². The van der Waals surface area contributed by atoms with Crippen molar-refractivity contribution < 1.29 is 13.2 Å². The lowest BCUT2D eigenvalue weighted by atomic mass is 9.81. The van der Waals surface area contributed by atoms with Crippen LogP contribution in [0.15, 0.2) is 35.2 Å². The number of aryl methyl sites for hydroxylation is 1. The van der Waals surface area contributed by atoms with Crippen LogP contribution in [0, 0.1) is 13.8 Å². The molecular formula is C23H30N2O3S. The molecule has 0 atom stereocenters. The molecule has 2 aromatic rings. The van der Waals surface area contributed by atoms with Gasteiger partial charge in [0.05, 0.1) is 10.6 Å². The molecule has 29 heavy (non-hydrogen) atoms. The van der Waals surface area contributed by atoms with Crippen LogP contribution in [0.1, 0.15) is 63.3 Å². The molecule has 5 nitrogen and oxygen atoms in total. The van der Waals surface area contributed by atoms with E-state index in [4.69, 9.17) is 0 Å². The van der Waals surface area contributed by atoms with Gasteiger partial charge in [-0.1, -0.05) is 45.4 Å². The Labute approximate surface area is 174 Å². The molecule has 0 unspecified atom stereocenters. The van der Waals surface area contributed by atoms with Crippen molar-refractivity contribution in [1.29, 1.82) is 0 Å². The highest BCUT2D eigenvalue weighted by Gasteiger charge is 2.45. The molecule has 0 aromatic heterocycles. The summed E-state index contributed by atoms with van der Waals surface area (Å²) in [4.78, 5) is 12.0. The fraction of sp³-hybridized carbons (Fsp3) is 0.435. The minimum absolute atomic E-state index is 0.135. The molecule has 0 saturated carbocycles. The minimum atomic E-state index is -3.77. The fourth-order valence-corrected chi connectivity index (χ4v) is 5.80. The Morgan fingerprint density at radius 2 is 1.59 bits per heavy atom. The van der Waals surface area contributed by atoms with Crippen LogP contribution in [0.25, 0.3) is 0 Å². The molecule has 2 aromatic carbocycles. The van der Waals surface area contributed by atoms with E-state index in [-0.39, 0.29) is 21.6 Å². The number of carbonyl (C=O) groups is 1. The Balaban J connectivity index is 2.23. The number of hydrogen-bond donors (Lipinski definition) is 2. The Bertz CT molecular complexity index is 1080. The van der Waals surface area contributed by atoms with Crippen molar-refractivity contribution in [3.05, 3.63) is 52.6 Å². The summed E-state index contributed by atoms with van der Waals surface area (Å²) in [5.41, 5.74) is 4.67. The van der Waals surface area contributed by atoms with E-state index >= 15 is 0 Å². The summed E-state index contributed by atoms with van der Waals surface area (Å²) in [6, 6.07) is 8.80. The van der Waals surface area contributed by atoms with Gasteiger partial charge in [-0.2, -0.15) is 0 Å². The first-order valence-corrected chi connectivity index (χ1v) is 11.3. The van der Waals surface area contributed by atoms with E-state index in [1.165, 1.54) is 6.92 Å². The summed E-state index contributed by atoms with van der Waals surface area (Å²) in [6.07, 6.45) is 0.886. The van der Waals surface area contributed by atoms with Gasteiger partial charge in [0, 0.05) is 12.6 Å². The third-order valence-corrected chi connectivity index (χ3v) is 7.12. The van der Waals surface area contributed by atoms with E-state index in [0.717, 1.165) is 28.7 Å². The number of amides is 1. The highest BCUT2D eigenvalue weighted by molar-refractivity contribution is 7.92. The molecule has 0 radical (unpaired) electrons. The lowest BCUT2D eigenvalue weighted by Crippen LogP contribution is -2.21. The van der Waals surface area contributed by atoms with E-state index in [2.05, 4.69) is 37.7 Å². The van der Waals surface area contributed by atoms with Crippen LogP contribution in [0.3, 0.4) is 0 Å². The quantitative estimate of drug-likeness (QED) is 0.737. The SMILES string of the molecule is CC(=O)Nc1cc2c(c(NS(=O)(=O)c3ccc(C)cc3)c1C)C(C)(C)CC2(C)C. The molecule has 3 rings (SSSR count). The maximum absolute atomic E-state index is 13.2. The van der Waals surface area contributed by atoms with Crippen LogP contribution in [0.2, 0.25) is 0 Å². The Kier molecular flexibility index (Phi) is 5.06. The van der Waals surface area contributed by atoms with Crippen LogP contribution >= 0.6 is 0 Å². The first-order valence-electron chi connectivity index (χ1n) is 9.80. The molecule has 2 N–H and O–H groups in total. The van der Waals surface area contributed by atoms with E-state index in [0.29, 0.717) is 11.4 Å². The average molecular weight is 415 g/mol. The minimum Gasteiger partial charge on any atom is -0.326 e. The maximum atomic E-state index is 13.2. The second kappa shape index (κ2) is 6.87. The molecule has 1 amide bonds. The Morgan fingerprint density at radius 3 is 2.14 bits per heavy atom. The van der Waals surface area contributed by atoms with Crippen LogP contribution in [0.5, 0.6) is 0 Å². The lowest BCUT2D eigenvalue weighted by molar-refractivity contribution is -0.114. The first kappa shape index (κ1) is 21.4. The van der Waals surface area contributed by atoms with Gasteiger partial charge in [-0.05, 0) is 66.0 Å². The van der Waals surface area contributed by atoms with Gasteiger partial charge in [-0.15, -0.1) is 0 Å². The van der Waals surface area contributed by atoms with Gasteiger partial charge < -0.3 is 5.32 Å². The predicted molar refractivity (Wildman–Crippen MR) is 118 cm³/mol. The van der Waals surface area contributed by atoms with E-state index in [1.54, 1.807) is 24.3 Å². The summed E-state index contributed by atoms with van der Waals surface area (Å²) in [5, 5.41) is 2.87. The number of benzene rings is 2. The van der Waals surface area contributed by atoms with Crippen molar-refractivity contribution in [3.8, 4) is 0 Å². The molecule has 0 fully saturated rings. The van der Waals surface area contributed by atoms with Crippen LogP contribution in [-0.2, 0) is 25.6 Å². The molecule has 0 saturated heterocycles. The lowest BCUT2D eigenvalue weighted by Gasteiger charge is -2.26. The average Bonchev–Trinajstić information content (AvgIpc) is 2.75. The molecule has 156 valence electrons. The summed E-state index contributed by atoms with van der Waals surface area (Å²) >= 11 is 0. The summed E-state index contributed by atoms with van der Waals surface area (Å²) < 4.78 is 29.2. The summed E-state index contributed by atoms with van der Waals surface area (Å²) in [5.74, 6) is -0.185. The highest BCUT2D eigenvalue weighted by atomic mass is 32.2. The van der Waals surface area contributed by atoms with Crippen LogP contribution in [0.4, 0.5) is 11.4 Å². The van der Waals surface area contributed by atoms with Gasteiger partial charge >= 0.3 is 0 Å². The molecule has 0 bridgehead atoms. The standard InChI is InChI=1S/C23H30N2O3S/c1-14-8-10-17(11-9-14)29(27,28)25-21-15(2)19(24-16(3)26)12-18-20(21)23(6,7)13-22(18,4)5/h8-12,25H,13H2,1-7H3,(H,24,26). The number of nitrogens with one attached hydrogen (secondary N) is 2. The van der Waals surface area contributed by atoms with Crippen molar-refractivity contribution in [1.82, 2.24) is 0 Å². The number of carbonyl (C=O) groups excluding carboxylic acids is 1. The molecular weight excluding hydrogens is 384 g/mol. The number of hydrogen-bond acceptors (Lipinski definition) is 3. The normalized spacial score (nSPS) is 16.9. The molecule has 0 spiro atoms. The number of fused-ring (bicyclic) bond motifs is 1. The number of rotatable bonds is 4. The Hall–Kier alpha value is -2.34. The van der Waals surface area contributed by atoms with E-state index in [9.17, 15) is 13.2 Å². The number of anilines is 2. The largest absolute Gasteiger partial charge is 0.326 e. The van der Waals surface area contributed by atoms with Gasteiger partial charge in [-0.3, -0.25) is 9.52 Å². The predicted octanol–water partition coefficient (Wildman–Crippen LogP) is 5.02. The number of sulfonamides is 1. The molecule has 1 aliphatic rings. The Morgan fingerprint density at radius 1 is 1.00 bits per heavy atom. The third kappa shape index (κ3) is 3.90. The van der Waals surface area contributed by atoms with Gasteiger partial charge in [0.2, 0.25) is 5.91 Å². The van der Waals surface area contributed by atoms with Crippen molar-refractivity contribution >= 4 is 27.3 Å². The second-order valence-electron chi connectivity index (χ2n) is 9.39. The summed E-state index contributed by atoms with van der Waals surface area (Å²) in [7, 11) is -3.77. The fourth-order valence-electron chi connectivity index (χ4n) is 4.66. The molecule has 6 heteroatoms. The zero-order valence-electron chi connectivity index (χ0n) is 18.2. The second-order valence-corrected chi connectivity index (χ2v) is 11.1. The third-order valence-electron chi connectivity index (χ3n) is 5.76. The molecule has 1 aliphatic carbocycles. The van der Waals surface area contributed by atoms with Gasteiger partial charge in [0.1, 0.15) is 0 Å². The monoisotopic (exact) mass is 414 g/mol. The zero-order valence-corrected chi connectivity index (χ0v) is 19.0.